The van der Waals surface area contributed by atoms with E-state index < -0.39 is 5.41 Å². The zero-order chi connectivity index (χ0) is 17.3. The van der Waals surface area contributed by atoms with Crippen LogP contribution in [0.3, 0.4) is 0 Å². The molecule has 2 aliphatic heterocycles. The predicted molar refractivity (Wildman–Crippen MR) is 93.2 cm³/mol. The first kappa shape index (κ1) is 18.4. The van der Waals surface area contributed by atoms with Gasteiger partial charge in [0.25, 0.3) is 0 Å². The number of rotatable bonds is 5. The van der Waals surface area contributed by atoms with E-state index in [4.69, 9.17) is 0 Å². The van der Waals surface area contributed by atoms with Gasteiger partial charge in [-0.25, -0.2) is 0 Å². The maximum atomic E-state index is 13.1. The lowest BCUT2D eigenvalue weighted by molar-refractivity contribution is -0.165. The van der Waals surface area contributed by atoms with Crippen LogP contribution in [-0.2, 0) is 9.59 Å². The molecule has 0 saturated carbocycles. The third-order valence-electron chi connectivity index (χ3n) is 5.69. The van der Waals surface area contributed by atoms with Gasteiger partial charge in [-0.3, -0.25) is 9.59 Å². The molecule has 1 amide bonds. The SMILES string of the molecule is CCCN1CC2(CCN(CCC(C)C)CC2)C(=O)C(C)(C)C1=O. The highest BCUT2D eigenvalue weighted by molar-refractivity contribution is 6.10. The molecule has 4 nitrogen and oxygen atoms in total. The van der Waals surface area contributed by atoms with Crippen LogP contribution in [0, 0.1) is 16.7 Å². The third-order valence-corrected chi connectivity index (χ3v) is 5.69. The summed E-state index contributed by atoms with van der Waals surface area (Å²) in [7, 11) is 0. The van der Waals surface area contributed by atoms with Gasteiger partial charge >= 0.3 is 0 Å². The smallest absolute Gasteiger partial charge is 0.235 e. The topological polar surface area (TPSA) is 40.6 Å². The van der Waals surface area contributed by atoms with Crippen molar-refractivity contribution in [3.63, 3.8) is 0 Å². The van der Waals surface area contributed by atoms with Crippen LogP contribution in [-0.4, -0.2) is 54.2 Å². The number of carbonyl (C=O) groups excluding carboxylic acids is 2. The molecule has 23 heavy (non-hydrogen) atoms. The van der Waals surface area contributed by atoms with Crippen molar-refractivity contribution in [1.29, 1.82) is 0 Å². The quantitative estimate of drug-likeness (QED) is 0.731. The lowest BCUT2D eigenvalue weighted by atomic mass is 9.63. The van der Waals surface area contributed by atoms with Gasteiger partial charge in [0.1, 0.15) is 5.41 Å². The number of hydrogen-bond acceptors (Lipinski definition) is 3. The van der Waals surface area contributed by atoms with Gasteiger partial charge in [-0.15, -0.1) is 0 Å². The van der Waals surface area contributed by atoms with Crippen LogP contribution in [0.25, 0.3) is 0 Å². The van der Waals surface area contributed by atoms with Crippen molar-refractivity contribution in [2.75, 3.05) is 32.7 Å². The number of Topliss-reactive ketones (excluding diaryl/α,β-unsaturated/α-hetero) is 1. The van der Waals surface area contributed by atoms with Crippen molar-refractivity contribution in [3.05, 3.63) is 0 Å². The summed E-state index contributed by atoms with van der Waals surface area (Å²) in [5.74, 6) is 0.932. The number of likely N-dealkylation sites (tertiary alicyclic amines) is 2. The van der Waals surface area contributed by atoms with E-state index >= 15 is 0 Å². The van der Waals surface area contributed by atoms with E-state index in [1.54, 1.807) is 0 Å². The maximum absolute atomic E-state index is 13.1. The summed E-state index contributed by atoms with van der Waals surface area (Å²) in [4.78, 5) is 30.1. The molecule has 0 unspecified atom stereocenters. The van der Waals surface area contributed by atoms with E-state index in [-0.39, 0.29) is 17.1 Å². The molecule has 0 bridgehead atoms. The Morgan fingerprint density at radius 3 is 2.22 bits per heavy atom. The number of hydrogen-bond donors (Lipinski definition) is 0. The molecule has 0 atom stereocenters. The third kappa shape index (κ3) is 3.62. The number of ketones is 1. The average molecular weight is 322 g/mol. The Kier molecular flexibility index (Phi) is 5.55. The molecule has 2 rings (SSSR count). The second-order valence-corrected chi connectivity index (χ2v) is 8.49. The molecule has 0 radical (unpaired) electrons. The fraction of sp³-hybridized carbons (Fsp3) is 0.895. The fourth-order valence-corrected chi connectivity index (χ4v) is 4.15. The van der Waals surface area contributed by atoms with Crippen molar-refractivity contribution in [2.45, 2.75) is 60.3 Å². The standard InChI is InChI=1S/C19H34N2O2/c1-6-10-21-14-19(16(22)18(4,5)17(21)23)8-12-20(13-9-19)11-7-15(2)3/h15H,6-14H2,1-5H3. The first-order chi connectivity index (χ1) is 10.7. The Morgan fingerprint density at radius 1 is 1.09 bits per heavy atom. The second-order valence-electron chi connectivity index (χ2n) is 8.49. The van der Waals surface area contributed by atoms with Crippen LogP contribution in [0.15, 0.2) is 0 Å². The highest BCUT2D eigenvalue weighted by atomic mass is 16.2. The van der Waals surface area contributed by atoms with E-state index in [2.05, 4.69) is 25.7 Å². The number of nitrogens with zero attached hydrogens (tertiary/aromatic N) is 2. The molecule has 2 saturated heterocycles. The van der Waals surface area contributed by atoms with Crippen molar-refractivity contribution in [2.24, 2.45) is 16.7 Å². The lowest BCUT2D eigenvalue weighted by Gasteiger charge is -2.51. The van der Waals surface area contributed by atoms with Gasteiger partial charge in [0.05, 0.1) is 5.41 Å². The number of amides is 1. The summed E-state index contributed by atoms with van der Waals surface area (Å²) < 4.78 is 0. The van der Waals surface area contributed by atoms with E-state index in [1.165, 1.54) is 6.42 Å². The zero-order valence-electron chi connectivity index (χ0n) is 15.7. The molecule has 0 aromatic carbocycles. The Balaban J connectivity index is 2.09. The average Bonchev–Trinajstić information content (AvgIpc) is 2.51. The summed E-state index contributed by atoms with van der Waals surface area (Å²) >= 11 is 0. The van der Waals surface area contributed by atoms with Crippen molar-refractivity contribution < 1.29 is 9.59 Å². The monoisotopic (exact) mass is 322 g/mol. The van der Waals surface area contributed by atoms with E-state index in [0.717, 1.165) is 51.4 Å². The lowest BCUT2D eigenvalue weighted by Crippen LogP contribution is -2.63. The molecule has 2 heterocycles. The molecule has 0 aromatic heterocycles. The summed E-state index contributed by atoms with van der Waals surface area (Å²) in [6.45, 7) is 14.8. The molecule has 4 heteroatoms. The first-order valence-corrected chi connectivity index (χ1v) is 9.29. The maximum Gasteiger partial charge on any atom is 0.235 e. The van der Waals surface area contributed by atoms with Gasteiger partial charge in [0.2, 0.25) is 5.91 Å². The van der Waals surface area contributed by atoms with E-state index in [1.807, 2.05) is 18.7 Å². The Labute approximate surface area is 141 Å². The van der Waals surface area contributed by atoms with Gasteiger partial charge in [0.15, 0.2) is 5.78 Å². The normalized spacial score (nSPS) is 24.7. The van der Waals surface area contributed by atoms with Crippen molar-refractivity contribution >= 4 is 11.7 Å². The van der Waals surface area contributed by atoms with Gasteiger partial charge in [-0.2, -0.15) is 0 Å². The van der Waals surface area contributed by atoms with Crippen LogP contribution >= 0.6 is 0 Å². The van der Waals surface area contributed by atoms with Crippen LogP contribution in [0.4, 0.5) is 0 Å². The van der Waals surface area contributed by atoms with E-state index in [0.29, 0.717) is 6.54 Å². The van der Waals surface area contributed by atoms with Crippen LogP contribution < -0.4 is 0 Å². The Morgan fingerprint density at radius 2 is 1.70 bits per heavy atom. The summed E-state index contributed by atoms with van der Waals surface area (Å²) in [5.41, 5.74) is -1.16. The minimum atomic E-state index is -0.854. The molecule has 132 valence electrons. The van der Waals surface area contributed by atoms with Gasteiger partial charge in [-0.05, 0) is 65.1 Å². The van der Waals surface area contributed by atoms with Crippen LogP contribution in [0.1, 0.15) is 60.3 Å². The highest BCUT2D eigenvalue weighted by Gasteiger charge is 2.56. The minimum Gasteiger partial charge on any atom is -0.341 e. The second kappa shape index (κ2) is 6.92. The number of piperidine rings is 2. The molecule has 0 N–H and O–H groups in total. The van der Waals surface area contributed by atoms with Gasteiger partial charge < -0.3 is 9.80 Å². The van der Waals surface area contributed by atoms with Crippen LogP contribution in [0.5, 0.6) is 0 Å². The molecular formula is C19H34N2O2. The summed E-state index contributed by atoms with van der Waals surface area (Å²) in [6, 6.07) is 0. The van der Waals surface area contributed by atoms with Gasteiger partial charge in [-0.1, -0.05) is 20.8 Å². The first-order valence-electron chi connectivity index (χ1n) is 9.29. The minimum absolute atomic E-state index is 0.0252. The molecular weight excluding hydrogens is 288 g/mol. The Hall–Kier alpha value is -0.900. The fourth-order valence-electron chi connectivity index (χ4n) is 4.15. The summed E-state index contributed by atoms with van der Waals surface area (Å²) in [6.07, 6.45) is 3.97. The predicted octanol–water partition coefficient (Wildman–Crippen LogP) is 2.96. The zero-order valence-corrected chi connectivity index (χ0v) is 15.7. The number of carbonyl (C=O) groups is 2. The van der Waals surface area contributed by atoms with Crippen LogP contribution in [0.2, 0.25) is 0 Å². The molecule has 0 aliphatic carbocycles. The van der Waals surface area contributed by atoms with Crippen molar-refractivity contribution in [3.8, 4) is 0 Å². The van der Waals surface area contributed by atoms with E-state index in [9.17, 15) is 9.59 Å². The highest BCUT2D eigenvalue weighted by Crippen LogP contribution is 2.44. The summed E-state index contributed by atoms with van der Waals surface area (Å²) in [5, 5.41) is 0. The van der Waals surface area contributed by atoms with Gasteiger partial charge in [0, 0.05) is 13.1 Å². The largest absolute Gasteiger partial charge is 0.341 e. The molecule has 2 fully saturated rings. The molecule has 0 aromatic rings. The molecule has 2 aliphatic rings. The Bertz CT molecular complexity index is 448. The van der Waals surface area contributed by atoms with Crippen molar-refractivity contribution in [1.82, 2.24) is 9.80 Å². The molecule has 1 spiro atoms.